The highest BCUT2D eigenvalue weighted by atomic mass is 35.5. The number of benzene rings is 2. The van der Waals surface area contributed by atoms with Crippen LogP contribution in [0.3, 0.4) is 0 Å². The fourth-order valence-corrected chi connectivity index (χ4v) is 4.02. The number of ether oxygens (including phenoxy) is 2. The average Bonchev–Trinajstić information content (AvgIpc) is 3.09. The molecule has 0 saturated carbocycles. The summed E-state index contributed by atoms with van der Waals surface area (Å²) in [5, 5.41) is 9.69. The van der Waals surface area contributed by atoms with Crippen molar-refractivity contribution in [3.63, 3.8) is 0 Å². The molecule has 0 unspecified atom stereocenters. The number of aromatic nitrogens is 3. The van der Waals surface area contributed by atoms with Gasteiger partial charge in [0, 0.05) is 28.4 Å². The maximum Gasteiger partial charge on any atom is 0.191 e. The fourth-order valence-electron chi connectivity index (χ4n) is 2.68. The molecule has 0 bridgehead atoms. The lowest BCUT2D eigenvalue weighted by molar-refractivity contribution is 0.355. The largest absolute Gasteiger partial charge is 0.493 e. The Hall–Kier alpha value is -2.25. The molecule has 0 radical (unpaired) electrons. The van der Waals surface area contributed by atoms with Crippen LogP contribution < -0.4 is 9.47 Å². The maximum atomic E-state index is 14.0. The molecule has 2 aromatic carbocycles. The van der Waals surface area contributed by atoms with Gasteiger partial charge in [0.15, 0.2) is 22.5 Å². The van der Waals surface area contributed by atoms with Gasteiger partial charge in [-0.25, -0.2) is 4.39 Å². The normalized spacial score (nSPS) is 10.9. The fraction of sp³-hybridized carbons (Fsp3) is 0.263. The molecular formula is C19H19ClFN3O2S. The van der Waals surface area contributed by atoms with Gasteiger partial charge in [0.25, 0.3) is 0 Å². The average molecular weight is 408 g/mol. The molecule has 0 amide bonds. The SMILES string of the molecule is CCn1c(SCc2c(F)cccc2Cl)nnc1-c1ccc(OC)c(OC)c1. The molecule has 3 aromatic rings. The summed E-state index contributed by atoms with van der Waals surface area (Å²) in [4.78, 5) is 0. The van der Waals surface area contributed by atoms with E-state index in [4.69, 9.17) is 21.1 Å². The molecule has 8 heteroatoms. The molecule has 0 aliphatic carbocycles. The van der Waals surface area contributed by atoms with E-state index in [9.17, 15) is 4.39 Å². The minimum Gasteiger partial charge on any atom is -0.493 e. The Morgan fingerprint density at radius 2 is 1.89 bits per heavy atom. The first-order valence-electron chi connectivity index (χ1n) is 8.30. The third kappa shape index (κ3) is 4.04. The number of halogens is 2. The molecule has 27 heavy (non-hydrogen) atoms. The molecule has 1 heterocycles. The van der Waals surface area contributed by atoms with Crippen molar-refractivity contribution < 1.29 is 13.9 Å². The van der Waals surface area contributed by atoms with Crippen LogP contribution in [-0.4, -0.2) is 29.0 Å². The zero-order valence-electron chi connectivity index (χ0n) is 15.2. The maximum absolute atomic E-state index is 14.0. The topological polar surface area (TPSA) is 49.2 Å². The van der Waals surface area contributed by atoms with Crippen LogP contribution in [0, 0.1) is 5.82 Å². The standard InChI is InChI=1S/C19H19ClFN3O2S/c1-4-24-18(12-8-9-16(25-2)17(10-12)26-3)22-23-19(24)27-11-13-14(20)6-5-7-15(13)21/h5-10H,4,11H2,1-3H3. The Morgan fingerprint density at radius 1 is 1.11 bits per heavy atom. The van der Waals surface area contributed by atoms with Crippen LogP contribution in [0.5, 0.6) is 11.5 Å². The molecular weight excluding hydrogens is 389 g/mol. The molecule has 142 valence electrons. The van der Waals surface area contributed by atoms with Gasteiger partial charge in [0.2, 0.25) is 0 Å². The van der Waals surface area contributed by atoms with Gasteiger partial charge >= 0.3 is 0 Å². The summed E-state index contributed by atoms with van der Waals surface area (Å²) in [6, 6.07) is 10.3. The Kier molecular flexibility index (Phi) is 6.23. The predicted octanol–water partition coefficient (Wildman–Crippen LogP) is 5.07. The lowest BCUT2D eigenvalue weighted by Gasteiger charge is -2.11. The van der Waals surface area contributed by atoms with E-state index in [1.807, 2.05) is 29.7 Å². The van der Waals surface area contributed by atoms with E-state index >= 15 is 0 Å². The van der Waals surface area contributed by atoms with Crippen LogP contribution in [0.1, 0.15) is 12.5 Å². The van der Waals surface area contributed by atoms with E-state index in [2.05, 4.69) is 10.2 Å². The van der Waals surface area contributed by atoms with Crippen molar-refractivity contribution in [2.45, 2.75) is 24.4 Å². The van der Waals surface area contributed by atoms with Crippen LogP contribution >= 0.6 is 23.4 Å². The molecule has 0 aliphatic heterocycles. The summed E-state index contributed by atoms with van der Waals surface area (Å²) in [7, 11) is 3.18. The molecule has 1 aromatic heterocycles. The minimum atomic E-state index is -0.322. The number of hydrogen-bond acceptors (Lipinski definition) is 5. The van der Waals surface area contributed by atoms with Crippen molar-refractivity contribution in [2.24, 2.45) is 0 Å². The van der Waals surface area contributed by atoms with Gasteiger partial charge in [-0.1, -0.05) is 29.4 Å². The second-order valence-electron chi connectivity index (χ2n) is 5.61. The van der Waals surface area contributed by atoms with Crippen LogP contribution in [0.2, 0.25) is 5.02 Å². The smallest absolute Gasteiger partial charge is 0.191 e. The minimum absolute atomic E-state index is 0.322. The van der Waals surface area contributed by atoms with Crippen molar-refractivity contribution in [2.75, 3.05) is 14.2 Å². The second kappa shape index (κ2) is 8.63. The van der Waals surface area contributed by atoms with E-state index in [0.717, 1.165) is 5.56 Å². The highest BCUT2D eigenvalue weighted by Crippen LogP contribution is 2.34. The molecule has 0 fully saturated rings. The highest BCUT2D eigenvalue weighted by molar-refractivity contribution is 7.98. The molecule has 3 rings (SSSR count). The second-order valence-corrected chi connectivity index (χ2v) is 6.96. The Morgan fingerprint density at radius 3 is 2.56 bits per heavy atom. The van der Waals surface area contributed by atoms with Gasteiger partial charge in [-0.15, -0.1) is 10.2 Å². The van der Waals surface area contributed by atoms with Gasteiger partial charge in [0.1, 0.15) is 5.82 Å². The van der Waals surface area contributed by atoms with E-state index in [0.29, 0.717) is 45.4 Å². The van der Waals surface area contributed by atoms with E-state index in [1.165, 1.54) is 17.8 Å². The Balaban J connectivity index is 1.89. The molecule has 0 N–H and O–H groups in total. The lowest BCUT2D eigenvalue weighted by atomic mass is 10.2. The molecule has 0 aliphatic rings. The first kappa shape index (κ1) is 19.5. The van der Waals surface area contributed by atoms with E-state index in [1.54, 1.807) is 26.4 Å². The summed E-state index contributed by atoms with van der Waals surface area (Å²) in [6.07, 6.45) is 0. The van der Waals surface area contributed by atoms with Crippen molar-refractivity contribution >= 4 is 23.4 Å². The van der Waals surface area contributed by atoms with Crippen molar-refractivity contribution in [1.29, 1.82) is 0 Å². The van der Waals surface area contributed by atoms with E-state index < -0.39 is 0 Å². The monoisotopic (exact) mass is 407 g/mol. The number of nitrogens with zero attached hydrogens (tertiary/aromatic N) is 3. The van der Waals surface area contributed by atoms with Crippen molar-refractivity contribution in [1.82, 2.24) is 14.8 Å². The number of methoxy groups -OCH3 is 2. The van der Waals surface area contributed by atoms with Gasteiger partial charge in [0.05, 0.1) is 14.2 Å². The van der Waals surface area contributed by atoms with Gasteiger partial charge in [-0.2, -0.15) is 0 Å². The van der Waals surface area contributed by atoms with Crippen LogP contribution in [0.15, 0.2) is 41.6 Å². The molecule has 0 saturated heterocycles. The molecule has 0 atom stereocenters. The lowest BCUT2D eigenvalue weighted by Crippen LogP contribution is -2.01. The Bertz CT molecular complexity index is 928. The Labute approximate surface area is 166 Å². The zero-order valence-corrected chi connectivity index (χ0v) is 16.8. The van der Waals surface area contributed by atoms with Crippen molar-refractivity contribution in [3.05, 3.63) is 52.8 Å². The number of rotatable bonds is 7. The summed E-state index contributed by atoms with van der Waals surface area (Å²) >= 11 is 7.51. The summed E-state index contributed by atoms with van der Waals surface area (Å²) < 4.78 is 26.6. The molecule has 5 nitrogen and oxygen atoms in total. The quantitative estimate of drug-likeness (QED) is 0.512. The third-order valence-corrected chi connectivity index (χ3v) is 5.43. The highest BCUT2D eigenvalue weighted by Gasteiger charge is 2.16. The summed E-state index contributed by atoms with van der Waals surface area (Å²) in [6.45, 7) is 2.68. The summed E-state index contributed by atoms with van der Waals surface area (Å²) in [5.74, 6) is 2.02. The number of thioether (sulfide) groups is 1. The van der Waals surface area contributed by atoms with Crippen LogP contribution in [0.4, 0.5) is 4.39 Å². The van der Waals surface area contributed by atoms with Gasteiger partial charge in [-0.3, -0.25) is 0 Å². The predicted molar refractivity (Wildman–Crippen MR) is 105 cm³/mol. The van der Waals surface area contributed by atoms with Gasteiger partial charge in [-0.05, 0) is 37.3 Å². The van der Waals surface area contributed by atoms with Gasteiger partial charge < -0.3 is 14.0 Å². The third-order valence-electron chi connectivity index (χ3n) is 4.08. The first-order chi connectivity index (χ1) is 13.1. The van der Waals surface area contributed by atoms with Crippen LogP contribution in [-0.2, 0) is 12.3 Å². The zero-order chi connectivity index (χ0) is 19.4. The number of hydrogen-bond donors (Lipinski definition) is 0. The van der Waals surface area contributed by atoms with Crippen LogP contribution in [0.25, 0.3) is 11.4 Å². The van der Waals surface area contributed by atoms with E-state index in [-0.39, 0.29) is 5.82 Å². The first-order valence-corrected chi connectivity index (χ1v) is 9.66. The van der Waals surface area contributed by atoms with Crippen molar-refractivity contribution in [3.8, 4) is 22.9 Å². The molecule has 0 spiro atoms. The summed E-state index contributed by atoms with van der Waals surface area (Å²) in [5.41, 5.74) is 1.32.